The van der Waals surface area contributed by atoms with Crippen molar-refractivity contribution in [2.45, 2.75) is 13.0 Å². The summed E-state index contributed by atoms with van der Waals surface area (Å²) in [5, 5.41) is 13.7. The molecule has 0 aliphatic carbocycles. The second-order valence-corrected chi connectivity index (χ2v) is 5.99. The lowest BCUT2D eigenvalue weighted by Gasteiger charge is -2.13. The van der Waals surface area contributed by atoms with Crippen LogP contribution in [0.15, 0.2) is 57.2 Å². The molecule has 130 valence electrons. The average Bonchev–Trinajstić information content (AvgIpc) is 3.07. The minimum atomic E-state index is -1.19. The van der Waals surface area contributed by atoms with E-state index < -0.39 is 23.8 Å². The number of carboxylic acid groups (broad SMARTS) is 1. The molecule has 7 nitrogen and oxygen atoms in total. The van der Waals surface area contributed by atoms with Gasteiger partial charge < -0.3 is 20.2 Å². The van der Waals surface area contributed by atoms with Crippen molar-refractivity contribution in [2.75, 3.05) is 0 Å². The lowest BCUT2D eigenvalue weighted by molar-refractivity contribution is -0.140. The Balaban J connectivity index is 2.24. The fraction of sp³-hybridized carbons (Fsp3) is 0.118. The van der Waals surface area contributed by atoms with E-state index in [-0.39, 0.29) is 5.70 Å². The topological polar surface area (TPSA) is 109 Å². The molecule has 2 amide bonds. The minimum absolute atomic E-state index is 0.131. The summed E-state index contributed by atoms with van der Waals surface area (Å²) in [5.41, 5.74) is 0.201. The highest BCUT2D eigenvalue weighted by molar-refractivity contribution is 9.10. The number of amides is 2. The van der Waals surface area contributed by atoms with E-state index in [1.165, 1.54) is 19.3 Å². The van der Waals surface area contributed by atoms with Crippen molar-refractivity contribution in [3.8, 4) is 0 Å². The average molecular weight is 407 g/mol. The van der Waals surface area contributed by atoms with E-state index in [0.717, 1.165) is 0 Å². The van der Waals surface area contributed by atoms with Crippen LogP contribution in [0.2, 0.25) is 0 Å². The fourth-order valence-electron chi connectivity index (χ4n) is 1.83. The van der Waals surface area contributed by atoms with Gasteiger partial charge in [-0.1, -0.05) is 22.0 Å². The van der Waals surface area contributed by atoms with Crippen LogP contribution < -0.4 is 10.6 Å². The molecule has 0 fully saturated rings. The number of carbonyl (C=O) groups excluding carboxylic acids is 2. The van der Waals surface area contributed by atoms with E-state index in [1.54, 1.807) is 36.4 Å². The number of carboxylic acids is 1. The molecule has 25 heavy (non-hydrogen) atoms. The molecule has 2 aromatic rings. The summed E-state index contributed by atoms with van der Waals surface area (Å²) in [7, 11) is 0. The van der Waals surface area contributed by atoms with Gasteiger partial charge in [0.05, 0.1) is 6.26 Å². The van der Waals surface area contributed by atoms with Crippen LogP contribution in [0, 0.1) is 0 Å². The first-order chi connectivity index (χ1) is 11.9. The molecular formula is C17H15BrN2O5. The van der Waals surface area contributed by atoms with E-state index in [2.05, 4.69) is 26.6 Å². The molecule has 0 saturated heterocycles. The van der Waals surface area contributed by atoms with Crippen molar-refractivity contribution in [3.05, 3.63) is 64.2 Å². The number of hydrogen-bond donors (Lipinski definition) is 3. The summed E-state index contributed by atoms with van der Waals surface area (Å²) >= 11 is 3.27. The summed E-state index contributed by atoms with van der Waals surface area (Å²) in [5.74, 6) is -2.11. The highest BCUT2D eigenvalue weighted by Gasteiger charge is 2.20. The highest BCUT2D eigenvalue weighted by atomic mass is 79.9. The number of furan rings is 1. The first-order valence-electron chi connectivity index (χ1n) is 7.22. The molecule has 1 aromatic carbocycles. The van der Waals surface area contributed by atoms with E-state index in [4.69, 9.17) is 9.52 Å². The number of nitrogens with one attached hydrogen (secondary N) is 2. The largest absolute Gasteiger partial charge is 0.480 e. The third-order valence-corrected chi connectivity index (χ3v) is 3.62. The van der Waals surface area contributed by atoms with Crippen LogP contribution in [-0.4, -0.2) is 28.9 Å². The van der Waals surface area contributed by atoms with Gasteiger partial charge in [0.2, 0.25) is 0 Å². The van der Waals surface area contributed by atoms with Gasteiger partial charge in [-0.25, -0.2) is 0 Å². The van der Waals surface area contributed by atoms with E-state index >= 15 is 0 Å². The molecule has 1 unspecified atom stereocenters. The molecule has 0 aliphatic heterocycles. The van der Waals surface area contributed by atoms with Gasteiger partial charge in [-0.2, -0.15) is 0 Å². The first-order valence-corrected chi connectivity index (χ1v) is 8.02. The lowest BCUT2D eigenvalue weighted by atomic mass is 10.2. The van der Waals surface area contributed by atoms with Crippen LogP contribution in [0.3, 0.4) is 0 Å². The molecule has 0 saturated carbocycles. The maximum Gasteiger partial charge on any atom is 0.325 e. The number of benzene rings is 1. The van der Waals surface area contributed by atoms with Crippen LogP contribution in [0.4, 0.5) is 0 Å². The van der Waals surface area contributed by atoms with Gasteiger partial charge in [-0.3, -0.25) is 14.4 Å². The Kier molecular flexibility index (Phi) is 6.13. The van der Waals surface area contributed by atoms with Gasteiger partial charge in [-0.05, 0) is 37.3 Å². The Morgan fingerprint density at radius 2 is 2.00 bits per heavy atom. The van der Waals surface area contributed by atoms with Crippen molar-refractivity contribution < 1.29 is 23.9 Å². The highest BCUT2D eigenvalue weighted by Crippen LogP contribution is 2.13. The van der Waals surface area contributed by atoms with Crippen molar-refractivity contribution >= 4 is 39.8 Å². The molecule has 1 aromatic heterocycles. The van der Waals surface area contributed by atoms with Crippen molar-refractivity contribution in [2.24, 2.45) is 0 Å². The Morgan fingerprint density at radius 3 is 2.60 bits per heavy atom. The molecule has 0 radical (unpaired) electrons. The number of carbonyl (C=O) groups is 3. The minimum Gasteiger partial charge on any atom is -0.480 e. The molecule has 0 spiro atoms. The second kappa shape index (κ2) is 8.29. The molecular weight excluding hydrogens is 392 g/mol. The quantitative estimate of drug-likeness (QED) is 0.638. The Bertz CT molecular complexity index is 814. The molecule has 8 heteroatoms. The predicted octanol–water partition coefficient (Wildman–Crippen LogP) is 2.40. The summed E-state index contributed by atoms with van der Waals surface area (Å²) < 4.78 is 5.85. The van der Waals surface area contributed by atoms with Gasteiger partial charge in [-0.15, -0.1) is 0 Å². The second-order valence-electron chi connectivity index (χ2n) is 5.07. The smallest absolute Gasteiger partial charge is 0.325 e. The van der Waals surface area contributed by atoms with Gasteiger partial charge in [0.15, 0.2) is 0 Å². The summed E-state index contributed by atoms with van der Waals surface area (Å²) in [6, 6.07) is 8.73. The van der Waals surface area contributed by atoms with Gasteiger partial charge in [0.1, 0.15) is 17.5 Å². The van der Waals surface area contributed by atoms with E-state index in [1.807, 2.05) is 0 Å². The molecule has 0 aliphatic rings. The zero-order valence-electron chi connectivity index (χ0n) is 13.2. The monoisotopic (exact) mass is 406 g/mol. The predicted molar refractivity (Wildman–Crippen MR) is 93.5 cm³/mol. The Hall–Kier alpha value is -2.87. The molecule has 1 atom stereocenters. The van der Waals surface area contributed by atoms with Gasteiger partial charge in [0.25, 0.3) is 11.8 Å². The van der Waals surface area contributed by atoms with Crippen LogP contribution in [0.25, 0.3) is 6.08 Å². The number of rotatable bonds is 6. The Morgan fingerprint density at radius 1 is 1.24 bits per heavy atom. The van der Waals surface area contributed by atoms with E-state index in [9.17, 15) is 14.4 Å². The standard InChI is InChI=1S/C17H15BrN2O5/c1-10(17(23)24)19-16(22)14(9-13-6-3-7-25-13)20-15(21)11-4-2-5-12(18)8-11/h2-10H,1H3,(H,19,22)(H,20,21)(H,23,24)/b14-9-. The summed E-state index contributed by atoms with van der Waals surface area (Å²) in [6.45, 7) is 1.32. The third kappa shape index (κ3) is 5.32. The number of aliphatic carboxylic acids is 1. The Labute approximate surface area is 151 Å². The van der Waals surface area contributed by atoms with Crippen molar-refractivity contribution in [1.82, 2.24) is 10.6 Å². The van der Waals surface area contributed by atoms with Crippen LogP contribution in [0.5, 0.6) is 0 Å². The van der Waals surface area contributed by atoms with Gasteiger partial charge >= 0.3 is 5.97 Å². The van der Waals surface area contributed by atoms with E-state index in [0.29, 0.717) is 15.8 Å². The molecule has 2 rings (SSSR count). The SMILES string of the molecule is CC(NC(=O)/C(=C/c1ccco1)NC(=O)c1cccc(Br)c1)C(=O)O. The fourth-order valence-corrected chi connectivity index (χ4v) is 2.23. The molecule has 3 N–H and O–H groups in total. The number of hydrogen-bond acceptors (Lipinski definition) is 4. The first kappa shape index (κ1) is 18.5. The van der Waals surface area contributed by atoms with Crippen LogP contribution >= 0.6 is 15.9 Å². The maximum absolute atomic E-state index is 12.4. The number of halogens is 1. The lowest BCUT2D eigenvalue weighted by Crippen LogP contribution is -2.42. The van der Waals surface area contributed by atoms with Gasteiger partial charge in [0, 0.05) is 16.1 Å². The molecule has 1 heterocycles. The normalized spacial score (nSPS) is 12.3. The summed E-state index contributed by atoms with van der Waals surface area (Å²) in [4.78, 5) is 35.6. The molecule has 0 bridgehead atoms. The zero-order valence-corrected chi connectivity index (χ0v) is 14.7. The zero-order chi connectivity index (χ0) is 18.4. The maximum atomic E-state index is 12.4. The van der Waals surface area contributed by atoms with Crippen LogP contribution in [-0.2, 0) is 9.59 Å². The van der Waals surface area contributed by atoms with Crippen LogP contribution in [0.1, 0.15) is 23.0 Å². The third-order valence-electron chi connectivity index (χ3n) is 3.13. The van der Waals surface area contributed by atoms with Crippen molar-refractivity contribution in [3.63, 3.8) is 0 Å². The summed E-state index contributed by atoms with van der Waals surface area (Å²) in [6.07, 6.45) is 2.73. The van der Waals surface area contributed by atoms with Crippen molar-refractivity contribution in [1.29, 1.82) is 0 Å².